The SMILES string of the molecule is C[C@H]1C[C@H](C)CN(S(=O)(=O)CCNC(=O)c2ccc(F)cc2)C1. The Labute approximate surface area is 136 Å². The maximum atomic E-state index is 12.8. The molecule has 0 saturated carbocycles. The van der Waals surface area contributed by atoms with Crippen LogP contribution < -0.4 is 5.32 Å². The molecule has 1 fully saturated rings. The van der Waals surface area contributed by atoms with Crippen molar-refractivity contribution in [2.24, 2.45) is 11.8 Å². The van der Waals surface area contributed by atoms with Gasteiger partial charge in [-0.15, -0.1) is 0 Å². The quantitative estimate of drug-likeness (QED) is 0.888. The lowest BCUT2D eigenvalue weighted by Gasteiger charge is -2.34. The summed E-state index contributed by atoms with van der Waals surface area (Å²) in [4.78, 5) is 11.9. The van der Waals surface area contributed by atoms with Crippen LogP contribution in [0.1, 0.15) is 30.6 Å². The van der Waals surface area contributed by atoms with Gasteiger partial charge < -0.3 is 5.32 Å². The number of sulfonamides is 1. The second-order valence-electron chi connectivity index (χ2n) is 6.34. The standard InChI is InChI=1S/C16H23FN2O3S/c1-12-9-13(2)11-19(10-12)23(21,22)8-7-18-16(20)14-3-5-15(17)6-4-14/h3-6,12-13H,7-11H2,1-2H3,(H,18,20)/t12-,13-/m0/s1. The Balaban J connectivity index is 1.87. The first-order valence-corrected chi connectivity index (χ1v) is 9.40. The van der Waals surface area contributed by atoms with Crippen LogP contribution in [0, 0.1) is 17.7 Å². The molecule has 5 nitrogen and oxygen atoms in total. The van der Waals surface area contributed by atoms with Crippen LogP contribution in [0.4, 0.5) is 4.39 Å². The molecule has 7 heteroatoms. The Morgan fingerprint density at radius 3 is 2.35 bits per heavy atom. The number of carbonyl (C=O) groups excluding carboxylic acids is 1. The molecule has 0 unspecified atom stereocenters. The highest BCUT2D eigenvalue weighted by atomic mass is 32.2. The van der Waals surface area contributed by atoms with Crippen molar-refractivity contribution in [2.75, 3.05) is 25.4 Å². The largest absolute Gasteiger partial charge is 0.351 e. The van der Waals surface area contributed by atoms with Crippen molar-refractivity contribution in [2.45, 2.75) is 20.3 Å². The lowest BCUT2D eigenvalue weighted by atomic mass is 9.94. The summed E-state index contributed by atoms with van der Waals surface area (Å²) in [7, 11) is -3.38. The molecule has 1 heterocycles. The third kappa shape index (κ3) is 5.00. The van der Waals surface area contributed by atoms with Gasteiger partial charge >= 0.3 is 0 Å². The van der Waals surface area contributed by atoms with E-state index in [2.05, 4.69) is 19.2 Å². The summed E-state index contributed by atoms with van der Waals surface area (Å²) in [6.45, 7) is 5.22. The summed E-state index contributed by atoms with van der Waals surface area (Å²) in [5.41, 5.74) is 0.309. The number of benzene rings is 1. The normalized spacial score (nSPS) is 22.7. The zero-order chi connectivity index (χ0) is 17.0. The molecule has 1 N–H and O–H groups in total. The Kier molecular flexibility index (Phi) is 5.75. The molecule has 1 aliphatic heterocycles. The van der Waals surface area contributed by atoms with Gasteiger partial charge in [0.1, 0.15) is 5.82 Å². The molecule has 1 amide bonds. The summed E-state index contributed by atoms with van der Waals surface area (Å²) in [6.07, 6.45) is 1.04. The molecule has 23 heavy (non-hydrogen) atoms. The van der Waals surface area contributed by atoms with Crippen LogP contribution in [0.25, 0.3) is 0 Å². The minimum Gasteiger partial charge on any atom is -0.351 e. The zero-order valence-corrected chi connectivity index (χ0v) is 14.3. The molecule has 0 aromatic heterocycles. The average Bonchev–Trinajstić information content (AvgIpc) is 2.46. The molecule has 1 aliphatic rings. The van der Waals surface area contributed by atoms with E-state index in [1.807, 2.05) is 0 Å². The summed E-state index contributed by atoms with van der Waals surface area (Å²) in [5, 5.41) is 2.57. The highest BCUT2D eigenvalue weighted by molar-refractivity contribution is 7.89. The van der Waals surface area contributed by atoms with Crippen molar-refractivity contribution in [1.82, 2.24) is 9.62 Å². The Bertz CT molecular complexity index is 636. The summed E-state index contributed by atoms with van der Waals surface area (Å²) in [5.74, 6) is -0.248. The molecule has 1 aromatic carbocycles. The van der Waals surface area contributed by atoms with E-state index < -0.39 is 21.7 Å². The lowest BCUT2D eigenvalue weighted by Crippen LogP contribution is -2.45. The van der Waals surface area contributed by atoms with E-state index in [-0.39, 0.29) is 12.3 Å². The van der Waals surface area contributed by atoms with Crippen LogP contribution in [0.3, 0.4) is 0 Å². The number of piperidine rings is 1. The summed E-state index contributed by atoms with van der Waals surface area (Å²) < 4.78 is 39.1. The molecule has 0 spiro atoms. The van der Waals surface area contributed by atoms with Crippen LogP contribution in [0.2, 0.25) is 0 Å². The third-order valence-corrected chi connectivity index (χ3v) is 5.79. The highest BCUT2D eigenvalue weighted by Gasteiger charge is 2.30. The van der Waals surface area contributed by atoms with E-state index in [1.54, 1.807) is 0 Å². The van der Waals surface area contributed by atoms with Gasteiger partial charge in [-0.1, -0.05) is 13.8 Å². The molecular weight excluding hydrogens is 319 g/mol. The second kappa shape index (κ2) is 7.40. The minimum absolute atomic E-state index is 0.0395. The van der Waals surface area contributed by atoms with Gasteiger partial charge in [-0.25, -0.2) is 17.1 Å². The van der Waals surface area contributed by atoms with Crippen molar-refractivity contribution in [3.05, 3.63) is 35.6 Å². The van der Waals surface area contributed by atoms with Gasteiger partial charge in [-0.05, 0) is 42.5 Å². The first kappa shape index (κ1) is 17.9. The highest BCUT2D eigenvalue weighted by Crippen LogP contribution is 2.23. The fraction of sp³-hybridized carbons (Fsp3) is 0.562. The van der Waals surface area contributed by atoms with E-state index in [0.29, 0.717) is 30.5 Å². The van der Waals surface area contributed by atoms with Crippen LogP contribution in [-0.2, 0) is 10.0 Å². The molecular formula is C16H23FN2O3S. The van der Waals surface area contributed by atoms with Crippen molar-refractivity contribution in [3.8, 4) is 0 Å². The Morgan fingerprint density at radius 2 is 1.78 bits per heavy atom. The van der Waals surface area contributed by atoms with Crippen molar-refractivity contribution < 1.29 is 17.6 Å². The number of rotatable bonds is 5. The third-order valence-electron chi connectivity index (χ3n) is 3.98. The average molecular weight is 342 g/mol. The van der Waals surface area contributed by atoms with Gasteiger partial charge in [0.2, 0.25) is 10.0 Å². The maximum absolute atomic E-state index is 12.8. The minimum atomic E-state index is -3.38. The topological polar surface area (TPSA) is 66.5 Å². The lowest BCUT2D eigenvalue weighted by molar-refractivity contribution is 0.0956. The molecule has 0 bridgehead atoms. The van der Waals surface area contributed by atoms with Gasteiger partial charge in [0.15, 0.2) is 0 Å². The molecule has 2 atom stereocenters. The van der Waals surface area contributed by atoms with E-state index in [4.69, 9.17) is 0 Å². The first-order valence-electron chi connectivity index (χ1n) is 7.79. The first-order chi connectivity index (χ1) is 10.8. The predicted molar refractivity (Wildman–Crippen MR) is 87.0 cm³/mol. The Hall–Kier alpha value is -1.47. The number of carbonyl (C=O) groups is 1. The second-order valence-corrected chi connectivity index (χ2v) is 8.43. The molecule has 1 aromatic rings. The molecule has 2 rings (SSSR count). The van der Waals surface area contributed by atoms with Gasteiger partial charge in [-0.2, -0.15) is 0 Å². The molecule has 0 aliphatic carbocycles. The molecule has 1 saturated heterocycles. The fourth-order valence-corrected chi connectivity index (χ4v) is 4.54. The summed E-state index contributed by atoms with van der Waals surface area (Å²) >= 11 is 0. The number of nitrogens with one attached hydrogen (secondary N) is 1. The van der Waals surface area contributed by atoms with Crippen LogP contribution in [-0.4, -0.2) is 44.0 Å². The van der Waals surface area contributed by atoms with Gasteiger partial charge in [-0.3, -0.25) is 4.79 Å². The number of halogens is 1. The van der Waals surface area contributed by atoms with Gasteiger partial charge in [0.05, 0.1) is 5.75 Å². The van der Waals surface area contributed by atoms with E-state index >= 15 is 0 Å². The van der Waals surface area contributed by atoms with Crippen molar-refractivity contribution >= 4 is 15.9 Å². The number of amides is 1. The van der Waals surface area contributed by atoms with Crippen LogP contribution in [0.5, 0.6) is 0 Å². The fourth-order valence-electron chi connectivity index (χ4n) is 2.96. The van der Waals surface area contributed by atoms with E-state index in [1.165, 1.54) is 28.6 Å². The number of hydrogen-bond donors (Lipinski definition) is 1. The Morgan fingerprint density at radius 1 is 1.22 bits per heavy atom. The maximum Gasteiger partial charge on any atom is 0.251 e. The number of nitrogens with zero attached hydrogens (tertiary/aromatic N) is 1. The smallest absolute Gasteiger partial charge is 0.251 e. The van der Waals surface area contributed by atoms with Gasteiger partial charge in [0.25, 0.3) is 5.91 Å². The monoisotopic (exact) mass is 342 g/mol. The zero-order valence-electron chi connectivity index (χ0n) is 13.5. The van der Waals surface area contributed by atoms with Crippen molar-refractivity contribution in [3.63, 3.8) is 0 Å². The van der Waals surface area contributed by atoms with Crippen molar-refractivity contribution in [1.29, 1.82) is 0 Å². The molecule has 0 radical (unpaired) electrons. The van der Waals surface area contributed by atoms with Crippen LogP contribution in [0.15, 0.2) is 24.3 Å². The number of hydrogen-bond acceptors (Lipinski definition) is 3. The summed E-state index contributed by atoms with van der Waals surface area (Å²) in [6, 6.07) is 5.13. The van der Waals surface area contributed by atoms with Gasteiger partial charge in [0, 0.05) is 25.2 Å². The molecule has 128 valence electrons. The van der Waals surface area contributed by atoms with Crippen LogP contribution >= 0.6 is 0 Å². The predicted octanol–water partition coefficient (Wildman–Crippen LogP) is 1.86. The van der Waals surface area contributed by atoms with E-state index in [9.17, 15) is 17.6 Å². The van der Waals surface area contributed by atoms with E-state index in [0.717, 1.165) is 6.42 Å².